The Morgan fingerprint density at radius 1 is 1.17 bits per heavy atom. The topological polar surface area (TPSA) is 12.0 Å². The average molecular weight is 171 g/mol. The quantitative estimate of drug-likeness (QED) is 0.580. The molecule has 0 saturated heterocycles. The molecule has 0 heterocycles. The monoisotopic (exact) mass is 171 g/mol. The van der Waals surface area contributed by atoms with E-state index < -0.39 is 0 Å². The summed E-state index contributed by atoms with van der Waals surface area (Å²) < 4.78 is 0. The zero-order valence-electron chi connectivity index (χ0n) is 9.19. The van der Waals surface area contributed by atoms with Gasteiger partial charge in [-0.2, -0.15) is 0 Å². The van der Waals surface area contributed by atoms with Gasteiger partial charge in [-0.1, -0.05) is 40.0 Å². The Balaban J connectivity index is 3.39. The van der Waals surface area contributed by atoms with Gasteiger partial charge in [0.1, 0.15) is 0 Å². The van der Waals surface area contributed by atoms with Gasteiger partial charge in [0.15, 0.2) is 0 Å². The Kier molecular flexibility index (Phi) is 7.58. The maximum atomic E-state index is 3.39. The molecule has 74 valence electrons. The normalized spacial score (nSPS) is 13.8. The van der Waals surface area contributed by atoms with Crippen molar-refractivity contribution in [3.8, 4) is 0 Å². The van der Waals surface area contributed by atoms with Crippen LogP contribution >= 0.6 is 0 Å². The van der Waals surface area contributed by atoms with Crippen LogP contribution in [-0.2, 0) is 0 Å². The molecule has 0 aromatic rings. The average Bonchev–Trinajstić information content (AvgIpc) is 2.02. The molecule has 0 aromatic carbocycles. The van der Waals surface area contributed by atoms with Crippen molar-refractivity contribution in [1.82, 2.24) is 5.32 Å². The molecule has 1 N–H and O–H groups in total. The Labute approximate surface area is 77.9 Å². The molecule has 0 spiro atoms. The van der Waals surface area contributed by atoms with Crippen molar-refractivity contribution in [3.63, 3.8) is 0 Å². The highest BCUT2D eigenvalue weighted by Crippen LogP contribution is 2.11. The molecule has 0 bridgehead atoms. The summed E-state index contributed by atoms with van der Waals surface area (Å²) in [6, 6.07) is 0.747. The summed E-state index contributed by atoms with van der Waals surface area (Å²) in [5, 5.41) is 3.39. The van der Waals surface area contributed by atoms with E-state index in [0.717, 1.165) is 12.0 Å². The fourth-order valence-corrected chi connectivity index (χ4v) is 1.59. The molecule has 0 radical (unpaired) electrons. The summed E-state index contributed by atoms with van der Waals surface area (Å²) in [5.74, 6) is 0.823. The summed E-state index contributed by atoms with van der Waals surface area (Å²) in [6.07, 6.45) is 6.77. The van der Waals surface area contributed by atoms with Crippen molar-refractivity contribution in [2.45, 2.75) is 58.9 Å². The molecule has 0 aliphatic rings. The molecular weight excluding hydrogens is 146 g/mol. The third-order valence-corrected chi connectivity index (χ3v) is 2.32. The van der Waals surface area contributed by atoms with Crippen molar-refractivity contribution in [2.75, 3.05) is 7.05 Å². The Morgan fingerprint density at radius 2 is 1.83 bits per heavy atom. The van der Waals surface area contributed by atoms with Gasteiger partial charge >= 0.3 is 0 Å². The molecule has 1 unspecified atom stereocenters. The third kappa shape index (κ3) is 6.66. The molecule has 0 aliphatic heterocycles. The van der Waals surface area contributed by atoms with Gasteiger partial charge < -0.3 is 5.32 Å². The predicted octanol–water partition coefficient (Wildman–Crippen LogP) is 3.20. The summed E-state index contributed by atoms with van der Waals surface area (Å²) in [5.41, 5.74) is 0. The maximum Gasteiger partial charge on any atom is 0.00664 e. The fourth-order valence-electron chi connectivity index (χ4n) is 1.59. The van der Waals surface area contributed by atoms with Crippen molar-refractivity contribution >= 4 is 0 Å². The second-order valence-corrected chi connectivity index (χ2v) is 4.11. The maximum absolute atomic E-state index is 3.39. The first-order valence-corrected chi connectivity index (χ1v) is 5.38. The van der Waals surface area contributed by atoms with Crippen LogP contribution in [0.3, 0.4) is 0 Å². The second-order valence-electron chi connectivity index (χ2n) is 4.11. The molecular formula is C11H25N. The first-order chi connectivity index (χ1) is 5.70. The number of unbranched alkanes of at least 4 members (excludes halogenated alkanes) is 2. The molecule has 1 nitrogen and oxygen atoms in total. The number of hydrogen-bond donors (Lipinski definition) is 1. The first kappa shape index (κ1) is 12.0. The number of hydrogen-bond acceptors (Lipinski definition) is 1. The van der Waals surface area contributed by atoms with Crippen LogP contribution in [0.15, 0.2) is 0 Å². The fraction of sp³-hybridized carbons (Fsp3) is 1.00. The SMILES string of the molecule is CCCCCC(CC(C)C)NC. The van der Waals surface area contributed by atoms with Gasteiger partial charge in [-0.25, -0.2) is 0 Å². The van der Waals surface area contributed by atoms with E-state index in [1.165, 1.54) is 32.1 Å². The lowest BCUT2D eigenvalue weighted by atomic mass is 9.99. The molecule has 12 heavy (non-hydrogen) atoms. The van der Waals surface area contributed by atoms with Crippen LogP contribution in [0.25, 0.3) is 0 Å². The van der Waals surface area contributed by atoms with Crippen LogP contribution in [-0.4, -0.2) is 13.1 Å². The smallest absolute Gasteiger partial charge is 0.00664 e. The van der Waals surface area contributed by atoms with Gasteiger partial charge in [-0.15, -0.1) is 0 Å². The molecule has 0 saturated carbocycles. The van der Waals surface area contributed by atoms with E-state index in [4.69, 9.17) is 0 Å². The van der Waals surface area contributed by atoms with Crippen LogP contribution in [0.4, 0.5) is 0 Å². The van der Waals surface area contributed by atoms with E-state index >= 15 is 0 Å². The Bertz CT molecular complexity index is 89.0. The molecule has 0 aliphatic carbocycles. The van der Waals surface area contributed by atoms with Gasteiger partial charge in [-0.05, 0) is 25.8 Å². The lowest BCUT2D eigenvalue weighted by Gasteiger charge is -2.17. The zero-order valence-corrected chi connectivity index (χ0v) is 9.19. The van der Waals surface area contributed by atoms with E-state index in [9.17, 15) is 0 Å². The summed E-state index contributed by atoms with van der Waals surface area (Å²) in [6.45, 7) is 6.85. The van der Waals surface area contributed by atoms with Crippen molar-refractivity contribution in [3.05, 3.63) is 0 Å². The van der Waals surface area contributed by atoms with Crippen LogP contribution < -0.4 is 5.32 Å². The number of rotatable bonds is 7. The van der Waals surface area contributed by atoms with Gasteiger partial charge in [0, 0.05) is 6.04 Å². The third-order valence-electron chi connectivity index (χ3n) is 2.32. The van der Waals surface area contributed by atoms with Crippen LogP contribution in [0.5, 0.6) is 0 Å². The second kappa shape index (κ2) is 7.60. The number of nitrogens with one attached hydrogen (secondary N) is 1. The Hall–Kier alpha value is -0.0400. The standard InChI is InChI=1S/C11H25N/c1-5-6-7-8-11(12-4)9-10(2)3/h10-12H,5-9H2,1-4H3. The molecule has 0 amide bonds. The molecule has 0 fully saturated rings. The lowest BCUT2D eigenvalue weighted by molar-refractivity contribution is 0.408. The largest absolute Gasteiger partial charge is 0.317 e. The molecule has 1 heteroatoms. The zero-order chi connectivity index (χ0) is 9.40. The highest BCUT2D eigenvalue weighted by atomic mass is 14.9. The van der Waals surface area contributed by atoms with E-state index in [-0.39, 0.29) is 0 Å². The summed E-state index contributed by atoms with van der Waals surface area (Å²) in [7, 11) is 2.08. The van der Waals surface area contributed by atoms with Crippen molar-refractivity contribution in [2.24, 2.45) is 5.92 Å². The van der Waals surface area contributed by atoms with Gasteiger partial charge in [0.05, 0.1) is 0 Å². The van der Waals surface area contributed by atoms with Crippen LogP contribution in [0.2, 0.25) is 0 Å². The predicted molar refractivity (Wildman–Crippen MR) is 56.4 cm³/mol. The van der Waals surface area contributed by atoms with E-state index in [1.807, 2.05) is 0 Å². The first-order valence-electron chi connectivity index (χ1n) is 5.38. The van der Waals surface area contributed by atoms with Crippen molar-refractivity contribution < 1.29 is 0 Å². The van der Waals surface area contributed by atoms with Gasteiger partial charge in [0.2, 0.25) is 0 Å². The van der Waals surface area contributed by atoms with Gasteiger partial charge in [0.25, 0.3) is 0 Å². The van der Waals surface area contributed by atoms with E-state index in [0.29, 0.717) is 0 Å². The van der Waals surface area contributed by atoms with Crippen LogP contribution in [0, 0.1) is 5.92 Å². The van der Waals surface area contributed by atoms with Crippen LogP contribution in [0.1, 0.15) is 52.9 Å². The molecule has 0 rings (SSSR count). The molecule has 1 atom stereocenters. The van der Waals surface area contributed by atoms with Crippen molar-refractivity contribution in [1.29, 1.82) is 0 Å². The van der Waals surface area contributed by atoms with E-state index in [2.05, 4.69) is 33.1 Å². The minimum atomic E-state index is 0.747. The Morgan fingerprint density at radius 3 is 2.25 bits per heavy atom. The minimum Gasteiger partial charge on any atom is -0.317 e. The van der Waals surface area contributed by atoms with E-state index in [1.54, 1.807) is 0 Å². The van der Waals surface area contributed by atoms with Gasteiger partial charge in [-0.3, -0.25) is 0 Å². The summed E-state index contributed by atoms with van der Waals surface area (Å²) in [4.78, 5) is 0. The minimum absolute atomic E-state index is 0.747. The highest BCUT2D eigenvalue weighted by Gasteiger charge is 2.06. The highest BCUT2D eigenvalue weighted by molar-refractivity contribution is 4.66. The summed E-state index contributed by atoms with van der Waals surface area (Å²) >= 11 is 0. The molecule has 0 aromatic heterocycles. The lowest BCUT2D eigenvalue weighted by Crippen LogP contribution is -2.26.